The lowest BCUT2D eigenvalue weighted by molar-refractivity contribution is -0.116. The number of ether oxygens (including phenoxy) is 1. The molecule has 0 spiro atoms. The molecule has 1 unspecified atom stereocenters. The van der Waals surface area contributed by atoms with Crippen molar-refractivity contribution in [1.29, 1.82) is 0 Å². The molecule has 0 aliphatic rings. The number of phenolic OH excluding ortho intramolecular Hbond substituents is 1. The van der Waals surface area contributed by atoms with Gasteiger partial charge in [0.15, 0.2) is 11.5 Å². The minimum absolute atomic E-state index is 0.0344. The summed E-state index contributed by atoms with van der Waals surface area (Å²) in [7, 11) is 1.49. The number of carbonyl (C=O) groups is 1. The van der Waals surface area contributed by atoms with Gasteiger partial charge in [-0.2, -0.15) is 0 Å². The first-order valence-corrected chi connectivity index (χ1v) is 9.62. The first kappa shape index (κ1) is 19.3. The van der Waals surface area contributed by atoms with Crippen LogP contribution in [0.2, 0.25) is 0 Å². The number of hydrogen-bond acceptors (Lipinski definition) is 3. The maximum absolute atomic E-state index is 13.4. The molecule has 0 radical (unpaired) electrons. The van der Waals surface area contributed by atoms with Gasteiger partial charge in [0.05, 0.1) is 13.0 Å². The highest BCUT2D eigenvalue weighted by Crippen LogP contribution is 2.33. The Morgan fingerprint density at radius 3 is 2.50 bits per heavy atom. The quantitative estimate of drug-likeness (QED) is 0.420. The van der Waals surface area contributed by atoms with E-state index >= 15 is 0 Å². The number of aromatic amines is 1. The molecule has 4 rings (SSSR count). The summed E-state index contributed by atoms with van der Waals surface area (Å²) >= 11 is 0. The van der Waals surface area contributed by atoms with Crippen LogP contribution >= 0.6 is 0 Å². The second-order valence-corrected chi connectivity index (χ2v) is 6.93. The van der Waals surface area contributed by atoms with E-state index in [0.29, 0.717) is 11.4 Å². The lowest BCUT2D eigenvalue weighted by Gasteiger charge is -2.19. The zero-order valence-electron chi connectivity index (χ0n) is 16.5. The molecular formula is C25H22N2O3. The van der Waals surface area contributed by atoms with Crippen molar-refractivity contribution < 1.29 is 14.6 Å². The van der Waals surface area contributed by atoms with Gasteiger partial charge >= 0.3 is 0 Å². The summed E-state index contributed by atoms with van der Waals surface area (Å²) in [4.78, 5) is 16.5. The Kier molecular flexibility index (Phi) is 5.52. The van der Waals surface area contributed by atoms with Crippen LogP contribution in [0.4, 0.5) is 5.69 Å². The third-order valence-corrected chi connectivity index (χ3v) is 4.97. The van der Waals surface area contributed by atoms with E-state index in [4.69, 9.17) is 4.74 Å². The number of anilines is 1. The second-order valence-electron chi connectivity index (χ2n) is 6.93. The summed E-state index contributed by atoms with van der Waals surface area (Å²) in [5.74, 6) is -0.366. The van der Waals surface area contributed by atoms with E-state index in [9.17, 15) is 9.90 Å². The molecule has 1 aromatic heterocycles. The summed E-state index contributed by atoms with van der Waals surface area (Å²) in [6, 6.07) is 26.1. The van der Waals surface area contributed by atoms with Gasteiger partial charge in [0.1, 0.15) is 0 Å². The van der Waals surface area contributed by atoms with Crippen molar-refractivity contribution >= 4 is 11.6 Å². The lowest BCUT2D eigenvalue weighted by atomic mass is 9.90. The molecule has 0 aliphatic carbocycles. The molecule has 1 heterocycles. The number of aromatic hydroxyl groups is 1. The smallest absolute Gasteiger partial charge is 0.236 e. The molecule has 5 heteroatoms. The molecule has 0 saturated heterocycles. The van der Waals surface area contributed by atoms with Crippen LogP contribution in [0, 0.1) is 0 Å². The summed E-state index contributed by atoms with van der Waals surface area (Å²) in [6.07, 6.45) is 1.87. The van der Waals surface area contributed by atoms with E-state index in [1.165, 1.54) is 7.11 Å². The maximum Gasteiger partial charge on any atom is 0.236 e. The second kappa shape index (κ2) is 8.57. The molecule has 3 aromatic carbocycles. The molecule has 0 fully saturated rings. The molecule has 5 nitrogen and oxygen atoms in total. The molecule has 1 amide bonds. The van der Waals surface area contributed by atoms with Crippen molar-refractivity contribution in [3.8, 4) is 22.8 Å². The zero-order valence-corrected chi connectivity index (χ0v) is 16.5. The molecule has 30 heavy (non-hydrogen) atoms. The van der Waals surface area contributed by atoms with Gasteiger partial charge < -0.3 is 20.1 Å². The van der Waals surface area contributed by atoms with E-state index in [1.807, 2.05) is 72.9 Å². The van der Waals surface area contributed by atoms with Gasteiger partial charge in [-0.05, 0) is 53.1 Å². The van der Waals surface area contributed by atoms with Gasteiger partial charge in [0, 0.05) is 17.6 Å². The van der Waals surface area contributed by atoms with E-state index < -0.39 is 5.92 Å². The Bertz CT molecular complexity index is 1140. The van der Waals surface area contributed by atoms with Crippen LogP contribution < -0.4 is 10.1 Å². The normalized spacial score (nSPS) is 11.6. The van der Waals surface area contributed by atoms with Crippen molar-refractivity contribution in [2.75, 3.05) is 12.4 Å². The van der Waals surface area contributed by atoms with Gasteiger partial charge in [0.25, 0.3) is 0 Å². The Hall–Kier alpha value is -3.99. The van der Waals surface area contributed by atoms with E-state index in [1.54, 1.807) is 18.2 Å². The molecular weight excluding hydrogens is 376 g/mol. The van der Waals surface area contributed by atoms with E-state index in [-0.39, 0.29) is 11.7 Å². The third-order valence-electron chi connectivity index (χ3n) is 4.97. The average Bonchev–Trinajstić information content (AvgIpc) is 3.31. The van der Waals surface area contributed by atoms with Crippen molar-refractivity contribution in [3.05, 3.63) is 102 Å². The molecule has 150 valence electrons. The number of hydrogen-bond donors (Lipinski definition) is 3. The first-order valence-electron chi connectivity index (χ1n) is 9.62. The van der Waals surface area contributed by atoms with Gasteiger partial charge in [-0.15, -0.1) is 0 Å². The molecule has 1 atom stereocenters. The molecule has 0 saturated carbocycles. The topological polar surface area (TPSA) is 74.3 Å². The summed E-state index contributed by atoms with van der Waals surface area (Å²) in [5.41, 5.74) is 4.25. The number of carbonyl (C=O) groups excluding carboxylic acids is 1. The van der Waals surface area contributed by atoms with Crippen LogP contribution in [0.15, 0.2) is 91.1 Å². The highest BCUT2D eigenvalue weighted by molar-refractivity contribution is 5.98. The fourth-order valence-corrected chi connectivity index (χ4v) is 3.50. The van der Waals surface area contributed by atoms with Gasteiger partial charge in [-0.3, -0.25) is 4.79 Å². The summed E-state index contributed by atoms with van der Waals surface area (Å²) in [6.45, 7) is 0. The van der Waals surface area contributed by atoms with E-state index in [0.717, 1.165) is 22.4 Å². The first-order chi connectivity index (χ1) is 14.7. The number of benzene rings is 3. The minimum atomic E-state index is -0.560. The monoisotopic (exact) mass is 398 g/mol. The van der Waals surface area contributed by atoms with Crippen molar-refractivity contribution in [1.82, 2.24) is 4.98 Å². The molecule has 4 aromatic rings. The van der Waals surface area contributed by atoms with Crippen molar-refractivity contribution in [2.45, 2.75) is 5.92 Å². The number of aromatic nitrogens is 1. The largest absolute Gasteiger partial charge is 0.504 e. The number of H-pyrrole nitrogens is 1. The Morgan fingerprint density at radius 2 is 1.77 bits per heavy atom. The summed E-state index contributed by atoms with van der Waals surface area (Å²) < 4.78 is 5.24. The fourth-order valence-electron chi connectivity index (χ4n) is 3.50. The average molecular weight is 398 g/mol. The Labute approximate surface area is 175 Å². The van der Waals surface area contributed by atoms with Crippen molar-refractivity contribution in [2.24, 2.45) is 0 Å². The standard InChI is InChI=1S/C25H22N2O3/c1-30-23-16-19(12-13-22(23)28)24(17-7-3-2-4-8-17)25(29)27-20-10-5-9-18(15-20)21-11-6-14-26-21/h2-16,24,26,28H,1H3,(H,27,29). The number of nitrogens with one attached hydrogen (secondary N) is 2. The number of methoxy groups -OCH3 is 1. The molecule has 3 N–H and O–H groups in total. The Morgan fingerprint density at radius 1 is 0.933 bits per heavy atom. The van der Waals surface area contributed by atoms with Gasteiger partial charge in [0.2, 0.25) is 5.91 Å². The van der Waals surface area contributed by atoms with Gasteiger partial charge in [-0.1, -0.05) is 48.5 Å². The molecule has 0 aliphatic heterocycles. The predicted molar refractivity (Wildman–Crippen MR) is 118 cm³/mol. The lowest BCUT2D eigenvalue weighted by Crippen LogP contribution is -2.22. The van der Waals surface area contributed by atoms with Crippen LogP contribution in [0.5, 0.6) is 11.5 Å². The van der Waals surface area contributed by atoms with Crippen LogP contribution in [0.1, 0.15) is 17.0 Å². The van der Waals surface area contributed by atoms with Crippen molar-refractivity contribution in [3.63, 3.8) is 0 Å². The van der Waals surface area contributed by atoms with E-state index in [2.05, 4.69) is 10.3 Å². The van der Waals surface area contributed by atoms with Crippen LogP contribution in [0.3, 0.4) is 0 Å². The number of amides is 1. The van der Waals surface area contributed by atoms with Gasteiger partial charge in [-0.25, -0.2) is 0 Å². The number of rotatable bonds is 6. The molecule has 0 bridgehead atoms. The van der Waals surface area contributed by atoms with Crippen LogP contribution in [0.25, 0.3) is 11.3 Å². The third kappa shape index (κ3) is 4.05. The minimum Gasteiger partial charge on any atom is -0.504 e. The fraction of sp³-hybridized carbons (Fsp3) is 0.0800. The SMILES string of the molecule is COc1cc(C(C(=O)Nc2cccc(-c3ccc[nH]3)c2)c2ccccc2)ccc1O. The van der Waals surface area contributed by atoms with Crippen LogP contribution in [-0.2, 0) is 4.79 Å². The highest BCUT2D eigenvalue weighted by Gasteiger charge is 2.24. The zero-order chi connectivity index (χ0) is 20.9. The maximum atomic E-state index is 13.4. The number of phenols is 1. The summed E-state index contributed by atoms with van der Waals surface area (Å²) in [5, 5.41) is 13.0. The Balaban J connectivity index is 1.68. The predicted octanol–water partition coefficient (Wildman–Crippen LogP) is 5.17. The van der Waals surface area contributed by atoms with Crippen LogP contribution in [-0.4, -0.2) is 23.1 Å². The highest BCUT2D eigenvalue weighted by atomic mass is 16.5.